The molecule has 1 atom stereocenters. The molecule has 1 unspecified atom stereocenters. The third-order valence-corrected chi connectivity index (χ3v) is 3.41. The first-order valence-corrected chi connectivity index (χ1v) is 5.82. The molecule has 1 heterocycles. The maximum absolute atomic E-state index is 5.67. The maximum atomic E-state index is 5.67. The van der Waals surface area contributed by atoms with Gasteiger partial charge in [-0.05, 0) is 36.6 Å². The van der Waals surface area contributed by atoms with Crippen molar-refractivity contribution in [2.75, 3.05) is 25.2 Å². The Balaban J connectivity index is 2.16. The fourth-order valence-electron chi connectivity index (χ4n) is 2.17. The Morgan fingerprint density at radius 2 is 2.31 bits per heavy atom. The van der Waals surface area contributed by atoms with Gasteiger partial charge in [0.15, 0.2) is 0 Å². The van der Waals surface area contributed by atoms with E-state index in [1.165, 1.54) is 16.8 Å². The van der Waals surface area contributed by atoms with Crippen LogP contribution in [0.4, 0.5) is 5.69 Å². The van der Waals surface area contributed by atoms with Crippen molar-refractivity contribution in [3.05, 3.63) is 29.3 Å². The number of rotatable bonds is 3. The summed E-state index contributed by atoms with van der Waals surface area (Å²) in [4.78, 5) is 2.31. The van der Waals surface area contributed by atoms with Crippen LogP contribution in [0.5, 0.6) is 0 Å². The quantitative estimate of drug-likeness (QED) is 0.842. The van der Waals surface area contributed by atoms with Gasteiger partial charge >= 0.3 is 0 Å². The molecule has 1 saturated heterocycles. The van der Waals surface area contributed by atoms with Crippen LogP contribution in [0.2, 0.25) is 0 Å². The SMILES string of the molecule is Cc1cc(N(C)C2CCOC2)ccc1CN. The van der Waals surface area contributed by atoms with Crippen LogP contribution in [0.25, 0.3) is 0 Å². The summed E-state index contributed by atoms with van der Waals surface area (Å²) in [5.41, 5.74) is 9.41. The first-order valence-electron chi connectivity index (χ1n) is 5.82. The van der Waals surface area contributed by atoms with Gasteiger partial charge in [0.2, 0.25) is 0 Å². The van der Waals surface area contributed by atoms with Gasteiger partial charge in [0, 0.05) is 25.9 Å². The van der Waals surface area contributed by atoms with Crippen molar-refractivity contribution in [1.29, 1.82) is 0 Å². The highest BCUT2D eigenvalue weighted by Crippen LogP contribution is 2.22. The molecule has 16 heavy (non-hydrogen) atoms. The third-order valence-electron chi connectivity index (χ3n) is 3.41. The first kappa shape index (κ1) is 11.4. The van der Waals surface area contributed by atoms with E-state index in [0.29, 0.717) is 12.6 Å². The summed E-state index contributed by atoms with van der Waals surface area (Å²) >= 11 is 0. The van der Waals surface area contributed by atoms with Crippen molar-refractivity contribution in [3.63, 3.8) is 0 Å². The second kappa shape index (κ2) is 4.85. The monoisotopic (exact) mass is 220 g/mol. The van der Waals surface area contributed by atoms with Crippen molar-refractivity contribution in [1.82, 2.24) is 0 Å². The second-order valence-corrected chi connectivity index (χ2v) is 4.44. The topological polar surface area (TPSA) is 38.5 Å². The van der Waals surface area contributed by atoms with E-state index in [1.54, 1.807) is 0 Å². The van der Waals surface area contributed by atoms with Gasteiger partial charge in [-0.1, -0.05) is 6.07 Å². The summed E-state index contributed by atoms with van der Waals surface area (Å²) < 4.78 is 5.41. The van der Waals surface area contributed by atoms with Crippen LogP contribution < -0.4 is 10.6 Å². The maximum Gasteiger partial charge on any atom is 0.0670 e. The number of hydrogen-bond donors (Lipinski definition) is 1. The Hall–Kier alpha value is -1.06. The molecule has 0 aromatic heterocycles. The van der Waals surface area contributed by atoms with Crippen molar-refractivity contribution in [2.45, 2.75) is 25.9 Å². The molecule has 1 aromatic carbocycles. The van der Waals surface area contributed by atoms with Crippen molar-refractivity contribution in [3.8, 4) is 0 Å². The van der Waals surface area contributed by atoms with E-state index in [4.69, 9.17) is 10.5 Å². The third kappa shape index (κ3) is 2.20. The fraction of sp³-hybridized carbons (Fsp3) is 0.538. The van der Waals surface area contributed by atoms with E-state index >= 15 is 0 Å². The average molecular weight is 220 g/mol. The molecule has 88 valence electrons. The molecule has 1 fully saturated rings. The Morgan fingerprint density at radius 1 is 1.50 bits per heavy atom. The molecule has 0 spiro atoms. The summed E-state index contributed by atoms with van der Waals surface area (Å²) in [5, 5.41) is 0. The van der Waals surface area contributed by atoms with Crippen LogP contribution in [0.15, 0.2) is 18.2 Å². The van der Waals surface area contributed by atoms with E-state index in [2.05, 4.69) is 37.1 Å². The lowest BCUT2D eigenvalue weighted by atomic mass is 10.1. The van der Waals surface area contributed by atoms with E-state index in [1.807, 2.05) is 0 Å². The van der Waals surface area contributed by atoms with E-state index in [-0.39, 0.29) is 0 Å². The zero-order chi connectivity index (χ0) is 11.5. The predicted octanol–water partition coefficient (Wildman–Crippen LogP) is 1.68. The molecular formula is C13H20N2O. The number of hydrogen-bond acceptors (Lipinski definition) is 3. The van der Waals surface area contributed by atoms with Crippen LogP contribution in [-0.2, 0) is 11.3 Å². The molecule has 2 rings (SSSR count). The summed E-state index contributed by atoms with van der Waals surface area (Å²) in [6.45, 7) is 4.45. The van der Waals surface area contributed by atoms with Crippen molar-refractivity contribution in [2.24, 2.45) is 5.73 Å². The highest BCUT2D eigenvalue weighted by molar-refractivity contribution is 5.51. The molecule has 2 N–H and O–H groups in total. The van der Waals surface area contributed by atoms with Gasteiger partial charge in [0.1, 0.15) is 0 Å². The summed E-state index contributed by atoms with van der Waals surface area (Å²) in [7, 11) is 2.14. The largest absolute Gasteiger partial charge is 0.379 e. The Bertz CT molecular complexity index is 359. The van der Waals surface area contributed by atoms with Gasteiger partial charge in [-0.15, -0.1) is 0 Å². The van der Waals surface area contributed by atoms with Crippen LogP contribution in [0, 0.1) is 6.92 Å². The summed E-state index contributed by atoms with van der Waals surface area (Å²) in [5.74, 6) is 0. The predicted molar refractivity (Wildman–Crippen MR) is 66.7 cm³/mol. The average Bonchev–Trinajstić information content (AvgIpc) is 2.81. The highest BCUT2D eigenvalue weighted by Gasteiger charge is 2.20. The molecule has 0 bridgehead atoms. The smallest absolute Gasteiger partial charge is 0.0670 e. The van der Waals surface area contributed by atoms with Crippen molar-refractivity contribution >= 4 is 5.69 Å². The lowest BCUT2D eigenvalue weighted by Crippen LogP contribution is -2.31. The number of nitrogens with zero attached hydrogens (tertiary/aromatic N) is 1. The van der Waals surface area contributed by atoms with Gasteiger partial charge in [-0.2, -0.15) is 0 Å². The zero-order valence-electron chi connectivity index (χ0n) is 10.1. The van der Waals surface area contributed by atoms with Gasteiger partial charge < -0.3 is 15.4 Å². The lowest BCUT2D eigenvalue weighted by molar-refractivity contribution is 0.193. The lowest BCUT2D eigenvalue weighted by Gasteiger charge is -2.26. The Kier molecular flexibility index (Phi) is 3.46. The molecule has 0 amide bonds. The van der Waals surface area contributed by atoms with Crippen LogP contribution >= 0.6 is 0 Å². The highest BCUT2D eigenvalue weighted by atomic mass is 16.5. The van der Waals surface area contributed by atoms with E-state index in [0.717, 1.165) is 19.6 Å². The number of aryl methyl sites for hydroxylation is 1. The Morgan fingerprint density at radius 3 is 2.88 bits per heavy atom. The van der Waals surface area contributed by atoms with Gasteiger partial charge in [-0.25, -0.2) is 0 Å². The summed E-state index contributed by atoms with van der Waals surface area (Å²) in [6.07, 6.45) is 1.12. The molecule has 1 aliphatic heterocycles. The second-order valence-electron chi connectivity index (χ2n) is 4.44. The summed E-state index contributed by atoms with van der Waals surface area (Å²) in [6, 6.07) is 6.99. The molecule has 1 aliphatic rings. The van der Waals surface area contributed by atoms with Crippen LogP contribution in [-0.4, -0.2) is 26.3 Å². The number of anilines is 1. The Labute approximate surface area is 97.2 Å². The minimum absolute atomic E-state index is 0.517. The number of benzene rings is 1. The molecule has 3 nitrogen and oxygen atoms in total. The molecule has 0 radical (unpaired) electrons. The van der Waals surface area contributed by atoms with Crippen molar-refractivity contribution < 1.29 is 4.74 Å². The number of ether oxygens (including phenoxy) is 1. The zero-order valence-corrected chi connectivity index (χ0v) is 10.1. The molecule has 0 saturated carbocycles. The minimum atomic E-state index is 0.517. The molecular weight excluding hydrogens is 200 g/mol. The van der Waals surface area contributed by atoms with E-state index in [9.17, 15) is 0 Å². The van der Waals surface area contributed by atoms with Gasteiger partial charge in [0.25, 0.3) is 0 Å². The van der Waals surface area contributed by atoms with E-state index < -0.39 is 0 Å². The van der Waals surface area contributed by atoms with Crippen LogP contribution in [0.1, 0.15) is 17.5 Å². The van der Waals surface area contributed by atoms with Gasteiger partial charge in [0.05, 0.1) is 12.6 Å². The molecule has 3 heteroatoms. The van der Waals surface area contributed by atoms with Gasteiger partial charge in [-0.3, -0.25) is 0 Å². The number of nitrogens with two attached hydrogens (primary N) is 1. The molecule has 0 aliphatic carbocycles. The first-order chi connectivity index (χ1) is 7.72. The minimum Gasteiger partial charge on any atom is -0.379 e. The normalized spacial score (nSPS) is 20.1. The standard InChI is InChI=1S/C13H20N2O/c1-10-7-12(4-3-11(10)8-14)15(2)13-5-6-16-9-13/h3-4,7,13H,5-6,8-9,14H2,1-2H3. The fourth-order valence-corrected chi connectivity index (χ4v) is 2.17. The molecule has 1 aromatic rings. The van der Waals surface area contributed by atoms with Crippen LogP contribution in [0.3, 0.4) is 0 Å². The number of likely N-dealkylation sites (N-methyl/N-ethyl adjacent to an activating group) is 1.